The molecule has 0 aliphatic carbocycles. The molecule has 0 saturated carbocycles. The molecule has 6 heteroatoms. The van der Waals surface area contributed by atoms with Gasteiger partial charge in [-0.15, -0.1) is 0 Å². The van der Waals surface area contributed by atoms with E-state index in [0.717, 1.165) is 28.8 Å². The minimum atomic E-state index is -0.349. The van der Waals surface area contributed by atoms with Gasteiger partial charge in [0.05, 0.1) is 41.3 Å². The van der Waals surface area contributed by atoms with E-state index in [4.69, 9.17) is 4.74 Å². The van der Waals surface area contributed by atoms with E-state index < -0.39 is 0 Å². The van der Waals surface area contributed by atoms with Crippen LogP contribution in [0.15, 0.2) is 22.8 Å². The maximum Gasteiger partial charge on any atom is 0.141 e. The number of fused-ring (bicyclic) bond motifs is 1. The molecule has 0 bridgehead atoms. The topological polar surface area (TPSA) is 39.9 Å². The molecule has 19 heavy (non-hydrogen) atoms. The van der Waals surface area contributed by atoms with Crippen LogP contribution in [0, 0.1) is 5.82 Å². The number of hydrogen-bond acceptors (Lipinski definition) is 3. The Morgan fingerprint density at radius 2 is 2.37 bits per heavy atom. The summed E-state index contributed by atoms with van der Waals surface area (Å²) in [5.74, 6) is -0.349. The van der Waals surface area contributed by atoms with Crippen LogP contribution in [0.4, 0.5) is 4.39 Å². The zero-order valence-corrected chi connectivity index (χ0v) is 12.0. The van der Waals surface area contributed by atoms with Gasteiger partial charge in [0.25, 0.3) is 0 Å². The summed E-state index contributed by atoms with van der Waals surface area (Å²) in [6, 6.07) is 3.02. The average molecular weight is 326 g/mol. The molecule has 1 aliphatic heterocycles. The van der Waals surface area contributed by atoms with Crippen LogP contribution in [0.25, 0.3) is 11.4 Å². The van der Waals surface area contributed by atoms with Crippen molar-refractivity contribution in [1.82, 2.24) is 14.8 Å². The molecule has 2 aromatic heterocycles. The van der Waals surface area contributed by atoms with Crippen molar-refractivity contribution >= 4 is 15.9 Å². The zero-order valence-electron chi connectivity index (χ0n) is 10.4. The van der Waals surface area contributed by atoms with E-state index in [2.05, 4.69) is 32.9 Å². The van der Waals surface area contributed by atoms with Gasteiger partial charge in [0.2, 0.25) is 0 Å². The molecule has 3 rings (SSSR count). The molecule has 0 radical (unpaired) electrons. The van der Waals surface area contributed by atoms with E-state index in [1.807, 2.05) is 4.68 Å². The molecule has 0 saturated heterocycles. The predicted molar refractivity (Wildman–Crippen MR) is 72.0 cm³/mol. The molecule has 0 spiro atoms. The van der Waals surface area contributed by atoms with E-state index >= 15 is 0 Å². The second-order valence-corrected chi connectivity index (χ2v) is 5.29. The monoisotopic (exact) mass is 325 g/mol. The molecule has 2 aromatic rings. The van der Waals surface area contributed by atoms with E-state index in [1.54, 1.807) is 6.07 Å². The lowest BCUT2D eigenvalue weighted by molar-refractivity contribution is -0.00177. The first-order chi connectivity index (χ1) is 9.19. The average Bonchev–Trinajstić information content (AvgIpc) is 2.76. The van der Waals surface area contributed by atoms with Gasteiger partial charge in [-0.25, -0.2) is 4.39 Å². The first-order valence-corrected chi connectivity index (χ1v) is 6.97. The van der Waals surface area contributed by atoms with Crippen LogP contribution < -0.4 is 0 Å². The molecule has 0 aromatic carbocycles. The normalized spacial score (nSPS) is 18.4. The van der Waals surface area contributed by atoms with Crippen LogP contribution in [0.2, 0.25) is 0 Å². The van der Waals surface area contributed by atoms with E-state index in [0.29, 0.717) is 12.3 Å². The van der Waals surface area contributed by atoms with Crippen molar-refractivity contribution in [3.8, 4) is 11.4 Å². The van der Waals surface area contributed by atoms with Crippen molar-refractivity contribution in [2.24, 2.45) is 0 Å². The number of halogens is 2. The fourth-order valence-corrected chi connectivity index (χ4v) is 2.73. The quantitative estimate of drug-likeness (QED) is 0.851. The summed E-state index contributed by atoms with van der Waals surface area (Å²) in [6.07, 6.45) is 2.36. The van der Waals surface area contributed by atoms with Gasteiger partial charge in [0, 0.05) is 0 Å². The van der Waals surface area contributed by atoms with Gasteiger partial charge in [-0.2, -0.15) is 5.10 Å². The van der Waals surface area contributed by atoms with Crippen LogP contribution >= 0.6 is 15.9 Å². The van der Waals surface area contributed by atoms with Gasteiger partial charge in [-0.3, -0.25) is 9.67 Å². The Bertz CT molecular complexity index is 597. The molecule has 0 amide bonds. The smallest absolute Gasteiger partial charge is 0.141 e. The Hall–Kier alpha value is -1.27. The molecule has 100 valence electrons. The fourth-order valence-electron chi connectivity index (χ4n) is 2.13. The second-order valence-electron chi connectivity index (χ2n) is 4.49. The van der Waals surface area contributed by atoms with E-state index in [-0.39, 0.29) is 11.9 Å². The number of rotatable bonds is 2. The molecule has 1 atom stereocenters. The third-order valence-electron chi connectivity index (χ3n) is 3.25. The molecular weight excluding hydrogens is 313 g/mol. The summed E-state index contributed by atoms with van der Waals surface area (Å²) in [7, 11) is 0. The first-order valence-electron chi connectivity index (χ1n) is 6.17. The highest BCUT2D eigenvalue weighted by Crippen LogP contribution is 2.32. The standard InChI is InChI=1S/C13H13BrFN3O/c1-2-9-6-18-11(7-19-9)12(14)13(17-18)10-4-3-8(15)5-16-10/h3-5,9H,2,6-7H2,1H3. The summed E-state index contributed by atoms with van der Waals surface area (Å²) in [6.45, 7) is 3.37. The van der Waals surface area contributed by atoms with Crippen molar-refractivity contribution in [2.45, 2.75) is 32.6 Å². The molecule has 1 aliphatic rings. The van der Waals surface area contributed by atoms with Crippen molar-refractivity contribution in [1.29, 1.82) is 0 Å². The lowest BCUT2D eigenvalue weighted by atomic mass is 10.2. The number of aromatic nitrogens is 3. The van der Waals surface area contributed by atoms with Crippen LogP contribution in [0.1, 0.15) is 19.0 Å². The Balaban J connectivity index is 2.00. The largest absolute Gasteiger partial charge is 0.370 e. The fraction of sp³-hybridized carbons (Fsp3) is 0.385. The van der Waals surface area contributed by atoms with Crippen molar-refractivity contribution in [3.05, 3.63) is 34.3 Å². The first kappa shape index (κ1) is 12.7. The lowest BCUT2D eigenvalue weighted by Gasteiger charge is -2.23. The maximum absolute atomic E-state index is 12.9. The third-order valence-corrected chi connectivity index (χ3v) is 4.08. The van der Waals surface area contributed by atoms with Gasteiger partial charge in [-0.05, 0) is 34.5 Å². The zero-order chi connectivity index (χ0) is 13.4. The van der Waals surface area contributed by atoms with Crippen molar-refractivity contribution in [2.75, 3.05) is 0 Å². The number of nitrogens with zero attached hydrogens (tertiary/aromatic N) is 3. The third kappa shape index (κ3) is 2.30. The van der Waals surface area contributed by atoms with Gasteiger partial charge in [0.15, 0.2) is 0 Å². The maximum atomic E-state index is 12.9. The van der Waals surface area contributed by atoms with Crippen LogP contribution in [0.5, 0.6) is 0 Å². The molecule has 4 nitrogen and oxygen atoms in total. The summed E-state index contributed by atoms with van der Waals surface area (Å²) < 4.78 is 21.5. The van der Waals surface area contributed by atoms with Gasteiger partial charge in [0.1, 0.15) is 11.5 Å². The highest BCUT2D eigenvalue weighted by atomic mass is 79.9. The minimum absolute atomic E-state index is 0.202. The van der Waals surface area contributed by atoms with Crippen LogP contribution in [0.3, 0.4) is 0 Å². The second kappa shape index (κ2) is 5.02. The van der Waals surface area contributed by atoms with Crippen molar-refractivity contribution in [3.63, 3.8) is 0 Å². The van der Waals surface area contributed by atoms with Gasteiger partial charge >= 0.3 is 0 Å². The molecule has 1 unspecified atom stereocenters. The summed E-state index contributed by atoms with van der Waals surface area (Å²) in [5.41, 5.74) is 2.39. The van der Waals surface area contributed by atoms with E-state index in [9.17, 15) is 4.39 Å². The predicted octanol–water partition coefficient (Wildman–Crippen LogP) is 3.16. The lowest BCUT2D eigenvalue weighted by Crippen LogP contribution is -2.27. The van der Waals surface area contributed by atoms with Crippen LogP contribution in [-0.4, -0.2) is 20.9 Å². The Labute approximate surface area is 118 Å². The summed E-state index contributed by atoms with van der Waals surface area (Å²) in [4.78, 5) is 4.07. The summed E-state index contributed by atoms with van der Waals surface area (Å²) in [5, 5.41) is 4.55. The highest BCUT2D eigenvalue weighted by molar-refractivity contribution is 9.10. The Kier molecular flexibility index (Phi) is 3.36. The molecule has 0 fully saturated rings. The molecule has 3 heterocycles. The SMILES string of the molecule is CCC1Cn2nc(-c3ccc(F)cn3)c(Br)c2CO1. The number of pyridine rings is 1. The van der Waals surface area contributed by atoms with Crippen LogP contribution in [-0.2, 0) is 17.9 Å². The van der Waals surface area contributed by atoms with Gasteiger partial charge < -0.3 is 4.74 Å². The van der Waals surface area contributed by atoms with E-state index in [1.165, 1.54) is 12.3 Å². The molecular formula is C13H13BrFN3O. The molecule has 0 N–H and O–H groups in total. The summed E-state index contributed by atoms with van der Waals surface area (Å²) >= 11 is 3.54. The Morgan fingerprint density at radius 1 is 1.53 bits per heavy atom. The minimum Gasteiger partial charge on any atom is -0.370 e. The number of ether oxygens (including phenoxy) is 1. The number of hydrogen-bond donors (Lipinski definition) is 0. The Morgan fingerprint density at radius 3 is 3.05 bits per heavy atom. The van der Waals surface area contributed by atoms with Gasteiger partial charge in [-0.1, -0.05) is 6.92 Å². The van der Waals surface area contributed by atoms with Crippen molar-refractivity contribution < 1.29 is 9.13 Å². The highest BCUT2D eigenvalue weighted by Gasteiger charge is 2.24.